The molecule has 13 nitrogen and oxygen atoms in total. The lowest BCUT2D eigenvalue weighted by molar-refractivity contribution is -0.117. The summed E-state index contributed by atoms with van der Waals surface area (Å²) in [6.07, 6.45) is 8.12. The number of rotatable bonds is 21. The Morgan fingerprint density at radius 2 is 1.41 bits per heavy atom. The first-order valence-electron chi connectivity index (χ1n) is 21.3. The molecule has 0 saturated carbocycles. The number of carbonyl (C=O) groups is 3. The van der Waals surface area contributed by atoms with Gasteiger partial charge in [0.15, 0.2) is 0 Å². The molecule has 61 heavy (non-hydrogen) atoms. The van der Waals surface area contributed by atoms with Crippen LogP contribution in [-0.4, -0.2) is 112 Å². The van der Waals surface area contributed by atoms with Gasteiger partial charge in [-0.15, -0.1) is 5.10 Å². The number of hydrogen-bond donors (Lipinski definition) is 3. The first-order chi connectivity index (χ1) is 29.6. The predicted molar refractivity (Wildman–Crippen MR) is 242 cm³/mol. The van der Waals surface area contributed by atoms with Crippen molar-refractivity contribution in [3.05, 3.63) is 119 Å². The molecule has 0 atom stereocenters. The lowest BCUT2D eigenvalue weighted by Gasteiger charge is -2.16. The van der Waals surface area contributed by atoms with Crippen molar-refractivity contribution < 1.29 is 14.4 Å². The van der Waals surface area contributed by atoms with E-state index in [1.807, 2.05) is 84.5 Å². The van der Waals surface area contributed by atoms with Crippen LogP contribution >= 0.6 is 0 Å². The average molecular weight is 821 g/mol. The molecule has 316 valence electrons. The fraction of sp³-hybridized carbons (Fsp3) is 0.354. The number of aromatic nitrogens is 5. The molecular formula is C48H56N10O3. The molecule has 4 aromatic carbocycles. The molecule has 0 radical (unpaired) electrons. The Hall–Kier alpha value is -6.31. The summed E-state index contributed by atoms with van der Waals surface area (Å²) in [5, 5.41) is 14.5. The van der Waals surface area contributed by atoms with Crippen LogP contribution in [0, 0.1) is 0 Å². The number of aliphatic imine (C=N–C) groups is 1. The summed E-state index contributed by atoms with van der Waals surface area (Å²) >= 11 is 0. The quantitative estimate of drug-likeness (QED) is 0.0664. The van der Waals surface area contributed by atoms with Gasteiger partial charge in [-0.2, -0.15) is 0 Å². The SMILES string of the molecule is CC(=O)CCCCn1cc(CCCCN(C)CCNC(=O)c2ccc(C3=Nc4cc(-c5ccc6nc(-c7ccc(C(=O)NCCN(C)C)cc7)[nH]c6c5)ccc4C3)cc2)nn1. The smallest absolute Gasteiger partial charge is 0.251 e. The van der Waals surface area contributed by atoms with Gasteiger partial charge in [-0.1, -0.05) is 47.7 Å². The van der Waals surface area contributed by atoms with Gasteiger partial charge < -0.3 is 30.2 Å². The zero-order valence-corrected chi connectivity index (χ0v) is 35.7. The number of ketones is 1. The molecule has 0 unspecified atom stereocenters. The zero-order valence-electron chi connectivity index (χ0n) is 35.7. The summed E-state index contributed by atoms with van der Waals surface area (Å²) in [5.74, 6) is 0.810. The molecule has 3 heterocycles. The van der Waals surface area contributed by atoms with Crippen molar-refractivity contribution in [3.63, 3.8) is 0 Å². The minimum Gasteiger partial charge on any atom is -0.351 e. The summed E-state index contributed by atoms with van der Waals surface area (Å²) in [4.78, 5) is 54.2. The molecule has 0 spiro atoms. The number of amides is 2. The third kappa shape index (κ3) is 11.7. The van der Waals surface area contributed by atoms with E-state index in [-0.39, 0.29) is 17.6 Å². The van der Waals surface area contributed by atoms with Gasteiger partial charge in [0.25, 0.3) is 11.8 Å². The normalized spacial score (nSPS) is 12.3. The number of aromatic amines is 1. The molecule has 0 fully saturated rings. The van der Waals surface area contributed by atoms with Gasteiger partial charge >= 0.3 is 0 Å². The number of nitrogens with one attached hydrogen (secondary N) is 3. The van der Waals surface area contributed by atoms with E-state index in [1.54, 1.807) is 6.92 Å². The Bertz CT molecular complexity index is 2480. The number of benzene rings is 4. The van der Waals surface area contributed by atoms with E-state index in [1.165, 1.54) is 5.56 Å². The van der Waals surface area contributed by atoms with E-state index in [0.717, 1.165) is 121 Å². The molecule has 1 aliphatic rings. The lowest BCUT2D eigenvalue weighted by atomic mass is 9.99. The maximum absolute atomic E-state index is 13.0. The van der Waals surface area contributed by atoms with Crippen LogP contribution in [0.2, 0.25) is 0 Å². The number of carbonyl (C=O) groups excluding carboxylic acids is 3. The van der Waals surface area contributed by atoms with Crippen molar-refractivity contribution in [2.75, 3.05) is 53.9 Å². The number of hydrogen-bond acceptors (Lipinski definition) is 9. The zero-order chi connectivity index (χ0) is 42.7. The summed E-state index contributed by atoms with van der Waals surface area (Å²) in [5.41, 5.74) is 11.2. The molecule has 6 aromatic rings. The van der Waals surface area contributed by atoms with E-state index >= 15 is 0 Å². The summed E-state index contributed by atoms with van der Waals surface area (Å²) in [7, 11) is 6.04. The van der Waals surface area contributed by atoms with Gasteiger partial charge in [-0.25, -0.2) is 4.98 Å². The van der Waals surface area contributed by atoms with Gasteiger partial charge in [0, 0.05) is 68.5 Å². The van der Waals surface area contributed by atoms with Crippen molar-refractivity contribution >= 4 is 40.0 Å². The average Bonchev–Trinajstić information content (AvgIpc) is 4.02. The van der Waals surface area contributed by atoms with E-state index in [9.17, 15) is 14.4 Å². The summed E-state index contributed by atoms with van der Waals surface area (Å²) in [6, 6.07) is 27.9. The minimum atomic E-state index is -0.0871. The third-order valence-electron chi connectivity index (χ3n) is 11.0. The van der Waals surface area contributed by atoms with Gasteiger partial charge in [0.2, 0.25) is 0 Å². The molecular weight excluding hydrogens is 765 g/mol. The van der Waals surface area contributed by atoms with Crippen LogP contribution in [0.5, 0.6) is 0 Å². The highest BCUT2D eigenvalue weighted by atomic mass is 16.2. The Morgan fingerprint density at radius 1 is 0.738 bits per heavy atom. The molecule has 1 aliphatic heterocycles. The molecule has 3 N–H and O–H groups in total. The summed E-state index contributed by atoms with van der Waals surface area (Å²) < 4.78 is 1.87. The Labute approximate surface area is 357 Å². The first-order valence-corrected chi connectivity index (χ1v) is 21.3. The van der Waals surface area contributed by atoms with Gasteiger partial charge in [-0.3, -0.25) is 19.3 Å². The van der Waals surface area contributed by atoms with E-state index in [4.69, 9.17) is 9.98 Å². The van der Waals surface area contributed by atoms with Crippen molar-refractivity contribution in [1.82, 2.24) is 45.4 Å². The summed E-state index contributed by atoms with van der Waals surface area (Å²) in [6.45, 7) is 6.08. The second-order valence-corrected chi connectivity index (χ2v) is 16.3. The van der Waals surface area contributed by atoms with Crippen molar-refractivity contribution in [2.24, 2.45) is 4.99 Å². The second kappa shape index (κ2) is 20.3. The van der Waals surface area contributed by atoms with Crippen molar-refractivity contribution in [3.8, 4) is 22.5 Å². The van der Waals surface area contributed by atoms with Crippen molar-refractivity contribution in [1.29, 1.82) is 0 Å². The second-order valence-electron chi connectivity index (χ2n) is 16.3. The van der Waals surface area contributed by atoms with Crippen molar-refractivity contribution in [2.45, 2.75) is 58.4 Å². The van der Waals surface area contributed by atoms with E-state index < -0.39 is 0 Å². The third-order valence-corrected chi connectivity index (χ3v) is 11.0. The van der Waals surface area contributed by atoms with Crippen LogP contribution in [0.1, 0.15) is 76.6 Å². The Kier molecular flexibility index (Phi) is 14.2. The topological polar surface area (TPSA) is 154 Å². The van der Waals surface area contributed by atoms with Crippen LogP contribution in [0.4, 0.5) is 5.69 Å². The fourth-order valence-corrected chi connectivity index (χ4v) is 7.42. The number of aryl methyl sites for hydroxylation is 2. The number of Topliss-reactive ketones (excluding diaryl/α,β-unsaturated/α-hetero) is 1. The van der Waals surface area contributed by atoms with Gasteiger partial charge in [0.1, 0.15) is 11.6 Å². The molecule has 0 bridgehead atoms. The van der Waals surface area contributed by atoms with E-state index in [0.29, 0.717) is 30.6 Å². The number of likely N-dealkylation sites (N-methyl/N-ethyl adjacent to an activating group) is 2. The highest BCUT2D eigenvalue weighted by molar-refractivity contribution is 6.07. The number of unbranched alkanes of at least 4 members (excludes halogenated alkanes) is 2. The number of imidazole rings is 1. The largest absolute Gasteiger partial charge is 0.351 e. The number of fused-ring (bicyclic) bond motifs is 2. The number of H-pyrrole nitrogens is 1. The van der Waals surface area contributed by atoms with Crippen LogP contribution in [0.3, 0.4) is 0 Å². The first kappa shape index (κ1) is 42.8. The predicted octanol–water partition coefficient (Wildman–Crippen LogP) is 6.90. The molecule has 7 rings (SSSR count). The standard InChI is InChI=1S/C48H56N10O3/c1-33(59)9-5-8-26-58-32-41(54-55-58)10-6-7-25-57(4)28-24-50-48(61)36-15-11-34(12-16-36)43-31-40-20-19-38(29-44(40)51-43)39-21-22-42-45(30-39)53-46(52-42)35-13-17-37(18-14-35)47(60)49-23-27-56(2)3/h11-22,29-30,32H,5-10,23-28,31H2,1-4H3,(H,49,60)(H,50,61)(H,52,53). The fourth-order valence-electron chi connectivity index (χ4n) is 7.42. The van der Waals surface area contributed by atoms with Crippen LogP contribution in [-0.2, 0) is 24.2 Å². The highest BCUT2D eigenvalue weighted by Gasteiger charge is 2.18. The van der Waals surface area contributed by atoms with E-state index in [2.05, 4.69) is 68.2 Å². The maximum Gasteiger partial charge on any atom is 0.251 e. The maximum atomic E-state index is 13.0. The molecule has 0 aliphatic carbocycles. The Balaban J connectivity index is 0.861. The van der Waals surface area contributed by atoms with Gasteiger partial charge in [-0.05, 0) is 131 Å². The van der Waals surface area contributed by atoms with Crippen LogP contribution < -0.4 is 10.6 Å². The van der Waals surface area contributed by atoms with Crippen LogP contribution in [0.15, 0.2) is 96.1 Å². The monoisotopic (exact) mass is 820 g/mol. The Morgan fingerprint density at radius 3 is 2.13 bits per heavy atom. The number of nitrogens with zero attached hydrogens (tertiary/aromatic N) is 7. The molecule has 2 amide bonds. The highest BCUT2D eigenvalue weighted by Crippen LogP contribution is 2.34. The molecule has 2 aromatic heterocycles. The molecule has 13 heteroatoms. The van der Waals surface area contributed by atoms with Crippen LogP contribution in [0.25, 0.3) is 33.5 Å². The molecule has 0 saturated heterocycles. The minimum absolute atomic E-state index is 0.0828. The lowest BCUT2D eigenvalue weighted by Crippen LogP contribution is -2.33. The van der Waals surface area contributed by atoms with Gasteiger partial charge in [0.05, 0.1) is 28.1 Å².